The number of nitrogens with one attached hydrogen (secondary N) is 2. The van der Waals surface area contributed by atoms with E-state index in [4.69, 9.17) is 5.11 Å². The molecule has 0 radical (unpaired) electrons. The first kappa shape index (κ1) is 18.9. The average molecular weight is 382 g/mol. The van der Waals surface area contributed by atoms with Crippen molar-refractivity contribution in [1.29, 1.82) is 0 Å². The van der Waals surface area contributed by atoms with Crippen LogP contribution in [0.15, 0.2) is 46.0 Å². The highest BCUT2D eigenvalue weighted by molar-refractivity contribution is 7.94. The Hall–Kier alpha value is -2.39. The van der Waals surface area contributed by atoms with Crippen molar-refractivity contribution in [3.8, 4) is 0 Å². The van der Waals surface area contributed by atoms with E-state index in [9.17, 15) is 18.0 Å². The predicted octanol–water partition coefficient (Wildman–Crippen LogP) is 2.39. The van der Waals surface area contributed by atoms with E-state index < -0.39 is 27.9 Å². The molecule has 0 saturated carbocycles. The summed E-state index contributed by atoms with van der Waals surface area (Å²) < 4.78 is 27.0. The van der Waals surface area contributed by atoms with Crippen LogP contribution in [0.1, 0.15) is 24.2 Å². The molecule has 2 rings (SSSR count). The number of carboxylic acids is 1. The van der Waals surface area contributed by atoms with Crippen LogP contribution in [0.5, 0.6) is 0 Å². The maximum atomic E-state index is 12.3. The van der Waals surface area contributed by atoms with Gasteiger partial charge in [-0.3, -0.25) is 9.52 Å². The van der Waals surface area contributed by atoms with Crippen LogP contribution in [0.2, 0.25) is 0 Å². The topological polar surface area (TPSA) is 113 Å². The Morgan fingerprint density at radius 1 is 1.16 bits per heavy atom. The molecule has 2 aromatic rings. The maximum absolute atomic E-state index is 12.3. The normalized spacial score (nSPS) is 12.6. The standard InChI is InChI=1S/C16H18N2O5S2/c1-10(2)14(16(20)21)17-15(19)11-5-3-6-12(9-11)18-25(22,23)13-7-4-8-24-13/h3-10,14,18H,1-2H3,(H,17,19)(H,20,21). The van der Waals surface area contributed by atoms with E-state index in [1.54, 1.807) is 25.3 Å². The summed E-state index contributed by atoms with van der Waals surface area (Å²) in [7, 11) is -3.72. The highest BCUT2D eigenvalue weighted by Gasteiger charge is 2.24. The maximum Gasteiger partial charge on any atom is 0.326 e. The summed E-state index contributed by atoms with van der Waals surface area (Å²) in [6.07, 6.45) is 0. The summed E-state index contributed by atoms with van der Waals surface area (Å²) in [5.74, 6) is -2.00. The van der Waals surface area contributed by atoms with Crippen molar-refractivity contribution < 1.29 is 23.1 Å². The summed E-state index contributed by atoms with van der Waals surface area (Å²) in [6, 6.07) is 7.95. The molecule has 0 saturated heterocycles. The fraction of sp³-hybridized carbons (Fsp3) is 0.250. The number of thiophene rings is 1. The zero-order valence-electron chi connectivity index (χ0n) is 13.6. The Kier molecular flexibility index (Phi) is 5.81. The number of rotatable bonds is 7. The van der Waals surface area contributed by atoms with Crippen LogP contribution in [-0.4, -0.2) is 31.4 Å². The Morgan fingerprint density at radius 3 is 2.44 bits per heavy atom. The van der Waals surface area contributed by atoms with Gasteiger partial charge >= 0.3 is 5.97 Å². The van der Waals surface area contributed by atoms with Gasteiger partial charge < -0.3 is 10.4 Å². The van der Waals surface area contributed by atoms with E-state index >= 15 is 0 Å². The van der Waals surface area contributed by atoms with Crippen molar-refractivity contribution >= 4 is 38.9 Å². The molecule has 0 aliphatic rings. The molecule has 1 unspecified atom stereocenters. The van der Waals surface area contributed by atoms with Crippen LogP contribution in [-0.2, 0) is 14.8 Å². The molecule has 25 heavy (non-hydrogen) atoms. The van der Waals surface area contributed by atoms with Gasteiger partial charge in [-0.25, -0.2) is 13.2 Å². The molecule has 9 heteroatoms. The van der Waals surface area contributed by atoms with Gasteiger partial charge in [-0.15, -0.1) is 11.3 Å². The second-order valence-electron chi connectivity index (χ2n) is 5.65. The van der Waals surface area contributed by atoms with Crippen LogP contribution >= 0.6 is 11.3 Å². The average Bonchev–Trinajstić information content (AvgIpc) is 3.07. The van der Waals surface area contributed by atoms with Gasteiger partial charge in [-0.2, -0.15) is 0 Å². The third-order valence-electron chi connectivity index (χ3n) is 3.36. The van der Waals surface area contributed by atoms with E-state index in [2.05, 4.69) is 10.0 Å². The molecule has 0 bridgehead atoms. The number of carbonyl (C=O) groups excluding carboxylic acids is 1. The molecule has 134 valence electrons. The van der Waals surface area contributed by atoms with Crippen molar-refractivity contribution in [1.82, 2.24) is 5.32 Å². The lowest BCUT2D eigenvalue weighted by molar-refractivity contribution is -0.140. The van der Waals surface area contributed by atoms with Gasteiger partial charge in [0.2, 0.25) is 0 Å². The molecule has 3 N–H and O–H groups in total. The molecule has 1 atom stereocenters. The molecule has 7 nitrogen and oxygen atoms in total. The third kappa shape index (κ3) is 4.80. The van der Waals surface area contributed by atoms with Crippen molar-refractivity contribution in [2.45, 2.75) is 24.1 Å². The van der Waals surface area contributed by atoms with E-state index in [1.807, 2.05) is 0 Å². The minimum atomic E-state index is -3.72. The number of hydrogen-bond donors (Lipinski definition) is 3. The van der Waals surface area contributed by atoms with Crippen molar-refractivity contribution in [3.05, 3.63) is 47.3 Å². The fourth-order valence-electron chi connectivity index (χ4n) is 2.08. The Bertz CT molecular complexity index is 860. The Labute approximate surface area is 149 Å². The number of amides is 1. The zero-order valence-corrected chi connectivity index (χ0v) is 15.2. The fourth-order valence-corrected chi connectivity index (χ4v) is 4.13. The van der Waals surface area contributed by atoms with Crippen LogP contribution in [0, 0.1) is 5.92 Å². The monoisotopic (exact) mass is 382 g/mol. The lowest BCUT2D eigenvalue weighted by Gasteiger charge is -2.18. The van der Waals surface area contributed by atoms with Crippen LogP contribution in [0.4, 0.5) is 5.69 Å². The van der Waals surface area contributed by atoms with Gasteiger partial charge in [0.25, 0.3) is 15.9 Å². The number of sulfonamides is 1. The van der Waals surface area contributed by atoms with Gasteiger partial charge in [0.1, 0.15) is 10.3 Å². The van der Waals surface area contributed by atoms with Gasteiger partial charge in [0, 0.05) is 11.3 Å². The Morgan fingerprint density at radius 2 is 1.88 bits per heavy atom. The zero-order chi connectivity index (χ0) is 18.6. The second-order valence-corrected chi connectivity index (χ2v) is 8.51. The number of carbonyl (C=O) groups is 2. The number of anilines is 1. The van der Waals surface area contributed by atoms with E-state index in [0.29, 0.717) is 0 Å². The molecule has 0 fully saturated rings. The molecule has 0 spiro atoms. The molecular formula is C16H18N2O5S2. The summed E-state index contributed by atoms with van der Waals surface area (Å²) in [5.41, 5.74) is 0.385. The van der Waals surface area contributed by atoms with Crippen molar-refractivity contribution in [3.63, 3.8) is 0 Å². The lowest BCUT2D eigenvalue weighted by Crippen LogP contribution is -2.44. The largest absolute Gasteiger partial charge is 0.480 e. The smallest absolute Gasteiger partial charge is 0.326 e. The van der Waals surface area contributed by atoms with E-state index in [-0.39, 0.29) is 21.4 Å². The third-order valence-corrected chi connectivity index (χ3v) is 6.13. The van der Waals surface area contributed by atoms with E-state index in [0.717, 1.165) is 11.3 Å². The van der Waals surface area contributed by atoms with Crippen LogP contribution in [0.3, 0.4) is 0 Å². The molecule has 1 heterocycles. The molecule has 0 aliphatic heterocycles. The molecule has 1 amide bonds. The molecule has 1 aromatic carbocycles. The highest BCUT2D eigenvalue weighted by Crippen LogP contribution is 2.21. The summed E-state index contributed by atoms with van der Waals surface area (Å²) in [6.45, 7) is 3.37. The van der Waals surface area contributed by atoms with Crippen LogP contribution in [0.25, 0.3) is 0 Å². The summed E-state index contributed by atoms with van der Waals surface area (Å²) >= 11 is 1.08. The summed E-state index contributed by atoms with van der Waals surface area (Å²) in [4.78, 5) is 23.4. The van der Waals surface area contributed by atoms with Gasteiger partial charge in [0.05, 0.1) is 0 Å². The first-order valence-electron chi connectivity index (χ1n) is 7.41. The van der Waals surface area contributed by atoms with Gasteiger partial charge in [-0.05, 0) is 35.6 Å². The highest BCUT2D eigenvalue weighted by atomic mass is 32.2. The van der Waals surface area contributed by atoms with Crippen molar-refractivity contribution in [2.24, 2.45) is 5.92 Å². The summed E-state index contributed by atoms with van der Waals surface area (Å²) in [5, 5.41) is 13.2. The SMILES string of the molecule is CC(C)C(NC(=O)c1cccc(NS(=O)(=O)c2cccs2)c1)C(=O)O. The Balaban J connectivity index is 2.18. The molecule has 1 aromatic heterocycles. The minimum Gasteiger partial charge on any atom is -0.480 e. The molecule has 0 aliphatic carbocycles. The number of hydrogen-bond acceptors (Lipinski definition) is 5. The van der Waals surface area contributed by atoms with Crippen LogP contribution < -0.4 is 10.0 Å². The first-order chi connectivity index (χ1) is 11.7. The quantitative estimate of drug-likeness (QED) is 0.681. The minimum absolute atomic E-state index is 0.160. The van der Waals surface area contributed by atoms with Gasteiger partial charge in [-0.1, -0.05) is 26.0 Å². The van der Waals surface area contributed by atoms with Gasteiger partial charge in [0.15, 0.2) is 0 Å². The number of benzene rings is 1. The van der Waals surface area contributed by atoms with Crippen molar-refractivity contribution in [2.75, 3.05) is 4.72 Å². The lowest BCUT2D eigenvalue weighted by atomic mass is 10.0. The second kappa shape index (κ2) is 7.66. The van der Waals surface area contributed by atoms with E-state index in [1.165, 1.54) is 30.3 Å². The first-order valence-corrected chi connectivity index (χ1v) is 9.77. The molecular weight excluding hydrogens is 364 g/mol. The number of aliphatic carboxylic acids is 1. The predicted molar refractivity (Wildman–Crippen MR) is 95.3 cm³/mol. The number of carboxylic acid groups (broad SMARTS) is 1.